The molecule has 2 aliphatic rings. The Hall–Kier alpha value is -3.03. The van der Waals surface area contributed by atoms with Crippen LogP contribution in [0.1, 0.15) is 42.3 Å². The number of ether oxygens (including phenoxy) is 1. The summed E-state index contributed by atoms with van der Waals surface area (Å²) >= 11 is 6.21. The molecule has 1 atom stereocenters. The molecule has 36 heavy (non-hydrogen) atoms. The molecule has 192 valence electrons. The third kappa shape index (κ3) is 5.68. The van der Waals surface area contributed by atoms with Crippen LogP contribution in [0.25, 0.3) is 10.9 Å². The Morgan fingerprint density at radius 2 is 1.81 bits per heavy atom. The van der Waals surface area contributed by atoms with Crippen molar-refractivity contribution in [3.05, 3.63) is 69.9 Å². The molecule has 8 heteroatoms. The number of amides is 2. The molecule has 0 bridgehead atoms. The van der Waals surface area contributed by atoms with Crippen LogP contribution in [0.5, 0.6) is 0 Å². The van der Waals surface area contributed by atoms with Gasteiger partial charge in [-0.1, -0.05) is 48.4 Å². The molecule has 1 fully saturated rings. The standard InChI is InChI=1S/C21H21ClN2O2.C7H14N2O/c1-3-26-21(25)24-11-10-16-17-12-15(22)8-9-18(17)23-19(16)20(24)14-6-4-13(2)5-7-14;1-2-8-3-5-9(7-10)6-4-8/h4-9,12,20,23H,3,10-11H2,1-2H3;7H,2-6H2,1H3. The zero-order chi connectivity index (χ0) is 25.7. The number of H-pyrrole nitrogens is 1. The maximum absolute atomic E-state index is 12.6. The van der Waals surface area contributed by atoms with Gasteiger partial charge >= 0.3 is 6.09 Å². The Kier molecular flexibility index (Phi) is 8.54. The van der Waals surface area contributed by atoms with Crippen LogP contribution in [0.15, 0.2) is 42.5 Å². The first-order chi connectivity index (χ1) is 17.4. The maximum Gasteiger partial charge on any atom is 0.410 e. The highest BCUT2D eigenvalue weighted by atomic mass is 35.5. The van der Waals surface area contributed by atoms with Crippen molar-refractivity contribution in [2.45, 2.75) is 33.2 Å². The number of hydrogen-bond acceptors (Lipinski definition) is 4. The van der Waals surface area contributed by atoms with E-state index in [1.807, 2.05) is 34.9 Å². The normalized spacial score (nSPS) is 17.8. The third-order valence-electron chi connectivity index (χ3n) is 6.99. The van der Waals surface area contributed by atoms with Gasteiger partial charge in [0, 0.05) is 54.3 Å². The number of aromatic nitrogens is 1. The van der Waals surface area contributed by atoms with Crippen molar-refractivity contribution in [2.75, 3.05) is 45.9 Å². The highest BCUT2D eigenvalue weighted by molar-refractivity contribution is 6.31. The number of benzene rings is 2. The van der Waals surface area contributed by atoms with Gasteiger partial charge in [-0.2, -0.15) is 0 Å². The van der Waals surface area contributed by atoms with E-state index in [2.05, 4.69) is 48.0 Å². The van der Waals surface area contributed by atoms with Crippen LogP contribution in [-0.2, 0) is 16.0 Å². The Morgan fingerprint density at radius 3 is 2.44 bits per heavy atom. The molecule has 1 aromatic heterocycles. The molecular formula is C28H35ClN4O3. The van der Waals surface area contributed by atoms with Crippen LogP contribution in [0, 0.1) is 6.92 Å². The fourth-order valence-electron chi connectivity index (χ4n) is 4.94. The lowest BCUT2D eigenvalue weighted by Gasteiger charge is -2.35. The summed E-state index contributed by atoms with van der Waals surface area (Å²) in [6, 6.07) is 14.0. The molecule has 1 N–H and O–H groups in total. The molecule has 7 nitrogen and oxygen atoms in total. The summed E-state index contributed by atoms with van der Waals surface area (Å²) in [6.07, 6.45) is 1.43. The van der Waals surface area contributed by atoms with Crippen LogP contribution >= 0.6 is 11.6 Å². The zero-order valence-corrected chi connectivity index (χ0v) is 22.1. The summed E-state index contributed by atoms with van der Waals surface area (Å²) in [7, 11) is 0. The fourth-order valence-corrected chi connectivity index (χ4v) is 5.12. The summed E-state index contributed by atoms with van der Waals surface area (Å²) in [5.74, 6) is 0. The molecule has 2 amide bonds. The largest absolute Gasteiger partial charge is 0.450 e. The second kappa shape index (κ2) is 11.8. The molecule has 0 aliphatic carbocycles. The molecule has 3 heterocycles. The van der Waals surface area contributed by atoms with Gasteiger partial charge in [-0.05, 0) is 56.1 Å². The second-order valence-corrected chi connectivity index (χ2v) is 9.67. The van der Waals surface area contributed by atoms with Gasteiger partial charge in [0.25, 0.3) is 0 Å². The number of carbonyl (C=O) groups is 2. The number of halogens is 1. The smallest absolute Gasteiger partial charge is 0.410 e. The number of fused-ring (bicyclic) bond motifs is 3. The summed E-state index contributed by atoms with van der Waals surface area (Å²) in [6.45, 7) is 12.0. The molecule has 1 unspecified atom stereocenters. The highest BCUT2D eigenvalue weighted by Crippen LogP contribution is 2.39. The fraction of sp³-hybridized carbons (Fsp3) is 0.429. The summed E-state index contributed by atoms with van der Waals surface area (Å²) in [4.78, 5) is 32.4. The van der Waals surface area contributed by atoms with Crippen LogP contribution in [0.4, 0.5) is 4.79 Å². The first kappa shape index (κ1) is 26.0. The van der Waals surface area contributed by atoms with Crippen molar-refractivity contribution in [1.82, 2.24) is 19.7 Å². The molecular weight excluding hydrogens is 476 g/mol. The number of hydrogen-bond donors (Lipinski definition) is 1. The van der Waals surface area contributed by atoms with Crippen molar-refractivity contribution < 1.29 is 14.3 Å². The first-order valence-corrected chi connectivity index (χ1v) is 13.0. The topological polar surface area (TPSA) is 68.9 Å². The third-order valence-corrected chi connectivity index (χ3v) is 7.22. The molecule has 0 spiro atoms. The first-order valence-electron chi connectivity index (χ1n) is 12.7. The number of aromatic amines is 1. The minimum Gasteiger partial charge on any atom is -0.450 e. The van der Waals surface area contributed by atoms with Crippen LogP contribution in [0.3, 0.4) is 0 Å². The highest BCUT2D eigenvalue weighted by Gasteiger charge is 2.35. The number of piperazine rings is 1. The minimum atomic E-state index is -0.277. The van der Waals surface area contributed by atoms with E-state index in [0.29, 0.717) is 13.2 Å². The van der Waals surface area contributed by atoms with Gasteiger partial charge in [-0.3, -0.25) is 9.69 Å². The van der Waals surface area contributed by atoms with Gasteiger partial charge in [-0.15, -0.1) is 0 Å². The van der Waals surface area contributed by atoms with Crippen molar-refractivity contribution in [2.24, 2.45) is 0 Å². The Bertz CT molecular complexity index is 1190. The number of aryl methyl sites for hydroxylation is 1. The van der Waals surface area contributed by atoms with E-state index >= 15 is 0 Å². The predicted octanol–water partition coefficient (Wildman–Crippen LogP) is 5.01. The second-order valence-electron chi connectivity index (χ2n) is 9.24. The van der Waals surface area contributed by atoms with E-state index in [4.69, 9.17) is 16.3 Å². The maximum atomic E-state index is 12.6. The number of likely N-dealkylation sites (N-methyl/N-ethyl adjacent to an activating group) is 1. The SMILES string of the molecule is CCN1CCN(C=O)CC1.CCOC(=O)N1CCc2c([nH]c3ccc(Cl)cc23)C1c1ccc(C)cc1. The number of nitrogens with one attached hydrogen (secondary N) is 1. The lowest BCUT2D eigenvalue weighted by atomic mass is 9.92. The predicted molar refractivity (Wildman–Crippen MR) is 144 cm³/mol. The van der Waals surface area contributed by atoms with Crippen molar-refractivity contribution in [1.29, 1.82) is 0 Å². The molecule has 0 radical (unpaired) electrons. The molecule has 3 aromatic rings. The van der Waals surface area contributed by atoms with E-state index < -0.39 is 0 Å². The Labute approximate surface area is 218 Å². The zero-order valence-electron chi connectivity index (χ0n) is 21.3. The summed E-state index contributed by atoms with van der Waals surface area (Å²) < 4.78 is 5.32. The number of nitrogens with zero attached hydrogens (tertiary/aromatic N) is 3. The van der Waals surface area contributed by atoms with Gasteiger partial charge in [-0.25, -0.2) is 4.79 Å². The number of rotatable bonds is 4. The van der Waals surface area contributed by atoms with Crippen molar-refractivity contribution in [3.63, 3.8) is 0 Å². The van der Waals surface area contributed by atoms with Crippen molar-refractivity contribution in [3.8, 4) is 0 Å². The molecule has 1 saturated heterocycles. The molecule has 0 saturated carbocycles. The van der Waals surface area contributed by atoms with Crippen LogP contribution in [0.2, 0.25) is 5.02 Å². The lowest BCUT2D eigenvalue weighted by Crippen LogP contribution is -2.45. The lowest BCUT2D eigenvalue weighted by molar-refractivity contribution is -0.119. The van der Waals surface area contributed by atoms with Gasteiger partial charge in [0.1, 0.15) is 6.04 Å². The van der Waals surface area contributed by atoms with Gasteiger partial charge in [0.2, 0.25) is 6.41 Å². The average Bonchev–Trinajstić information content (AvgIpc) is 3.27. The van der Waals surface area contributed by atoms with Gasteiger partial charge < -0.3 is 19.5 Å². The van der Waals surface area contributed by atoms with E-state index in [-0.39, 0.29) is 12.1 Å². The summed E-state index contributed by atoms with van der Waals surface area (Å²) in [5, 5.41) is 1.85. The monoisotopic (exact) mass is 510 g/mol. The van der Waals surface area contributed by atoms with Crippen LogP contribution in [-0.4, -0.2) is 78.1 Å². The molecule has 2 aliphatic heterocycles. The van der Waals surface area contributed by atoms with Crippen LogP contribution < -0.4 is 0 Å². The summed E-state index contributed by atoms with van der Waals surface area (Å²) in [5.41, 5.74) is 5.58. The van der Waals surface area contributed by atoms with E-state index in [1.54, 1.807) is 0 Å². The van der Waals surface area contributed by atoms with E-state index in [0.717, 1.165) is 72.7 Å². The Morgan fingerprint density at radius 1 is 1.08 bits per heavy atom. The van der Waals surface area contributed by atoms with E-state index in [1.165, 1.54) is 11.1 Å². The molecule has 2 aromatic carbocycles. The molecule has 5 rings (SSSR count). The number of carbonyl (C=O) groups excluding carboxylic acids is 2. The van der Waals surface area contributed by atoms with Gasteiger partial charge in [0.15, 0.2) is 0 Å². The van der Waals surface area contributed by atoms with E-state index in [9.17, 15) is 9.59 Å². The quantitative estimate of drug-likeness (QED) is 0.501. The Balaban J connectivity index is 0.000000256. The van der Waals surface area contributed by atoms with Crippen molar-refractivity contribution >= 4 is 35.0 Å². The average molecular weight is 511 g/mol. The minimum absolute atomic E-state index is 0.190. The van der Waals surface area contributed by atoms with Gasteiger partial charge in [0.05, 0.1) is 6.61 Å².